The molecule has 2 aromatic rings. The highest BCUT2D eigenvalue weighted by Gasteiger charge is 2.31. The van der Waals surface area contributed by atoms with Crippen molar-refractivity contribution in [2.24, 2.45) is 0 Å². The van der Waals surface area contributed by atoms with E-state index in [1.54, 1.807) is 11.8 Å². The van der Waals surface area contributed by atoms with E-state index in [1.807, 2.05) is 47.4 Å². The molecule has 0 aliphatic carbocycles. The molecule has 0 unspecified atom stereocenters. The molecule has 3 rings (SSSR count). The van der Waals surface area contributed by atoms with Crippen LogP contribution in [0.2, 0.25) is 5.02 Å². The Hall–Kier alpha value is -1.07. The monoisotopic (exact) mass is 349 g/mol. The number of hydrogen-bond acceptors (Lipinski definition) is 3. The van der Waals surface area contributed by atoms with Gasteiger partial charge in [-0.3, -0.25) is 0 Å². The van der Waals surface area contributed by atoms with Gasteiger partial charge in [0.15, 0.2) is 0 Å². The molecule has 1 fully saturated rings. The highest BCUT2D eigenvalue weighted by Crippen LogP contribution is 2.41. The molecule has 1 aliphatic heterocycles. The third-order valence-electron chi connectivity index (χ3n) is 3.73. The fourth-order valence-corrected chi connectivity index (χ4v) is 4.39. The average molecular weight is 350 g/mol. The van der Waals surface area contributed by atoms with E-state index in [4.69, 9.17) is 23.8 Å². The highest BCUT2D eigenvalue weighted by atomic mass is 35.5. The molecule has 0 amide bonds. The first-order chi connectivity index (χ1) is 10.6. The van der Waals surface area contributed by atoms with Gasteiger partial charge >= 0.3 is 0 Å². The quantitative estimate of drug-likeness (QED) is 0.816. The standard InChI is InChI=1S/C17H16ClNOS2/c18-14-9-5-4-8-13(14)11-19-16(20)10-15(22-17(19)21)12-6-2-1-3-7-12/h1-9,15-16,20H,10-11H2/t15-,16-/m0/s1. The molecule has 1 N–H and O–H groups in total. The minimum atomic E-state index is -0.588. The van der Waals surface area contributed by atoms with Crippen LogP contribution >= 0.6 is 35.6 Å². The van der Waals surface area contributed by atoms with Crippen LogP contribution in [-0.2, 0) is 6.54 Å². The van der Waals surface area contributed by atoms with Crippen LogP contribution in [0, 0.1) is 0 Å². The number of benzene rings is 2. The van der Waals surface area contributed by atoms with Gasteiger partial charge in [-0.25, -0.2) is 0 Å². The molecule has 1 aliphatic rings. The van der Waals surface area contributed by atoms with Crippen molar-refractivity contribution in [3.8, 4) is 0 Å². The topological polar surface area (TPSA) is 23.5 Å². The lowest BCUT2D eigenvalue weighted by Crippen LogP contribution is -2.42. The van der Waals surface area contributed by atoms with Crippen molar-refractivity contribution in [2.75, 3.05) is 0 Å². The predicted octanol–water partition coefficient (Wildman–Crippen LogP) is 4.62. The molecule has 0 bridgehead atoms. The second kappa shape index (κ2) is 7.01. The minimum absolute atomic E-state index is 0.200. The maximum absolute atomic E-state index is 10.5. The molecular formula is C17H16ClNOS2. The Bertz CT molecular complexity index is 665. The van der Waals surface area contributed by atoms with Crippen LogP contribution in [0.3, 0.4) is 0 Å². The lowest BCUT2D eigenvalue weighted by Gasteiger charge is -2.38. The van der Waals surface area contributed by atoms with E-state index in [1.165, 1.54) is 5.56 Å². The second-order valence-electron chi connectivity index (χ2n) is 5.22. The molecule has 5 heteroatoms. The maximum atomic E-state index is 10.5. The number of thioether (sulfide) groups is 1. The Morgan fingerprint density at radius 2 is 1.82 bits per heavy atom. The SMILES string of the molecule is O[C@H]1C[C@@H](c2ccccc2)SC(=S)N1Cc1ccccc1Cl. The van der Waals surface area contributed by atoms with E-state index in [-0.39, 0.29) is 5.25 Å². The zero-order chi connectivity index (χ0) is 15.5. The van der Waals surface area contributed by atoms with E-state index < -0.39 is 6.23 Å². The van der Waals surface area contributed by atoms with Crippen molar-refractivity contribution >= 4 is 39.9 Å². The van der Waals surface area contributed by atoms with Crippen molar-refractivity contribution in [3.63, 3.8) is 0 Å². The van der Waals surface area contributed by atoms with Gasteiger partial charge in [0.2, 0.25) is 0 Å². The third-order valence-corrected chi connectivity index (χ3v) is 5.81. The number of rotatable bonds is 3. The van der Waals surface area contributed by atoms with Crippen molar-refractivity contribution in [1.82, 2.24) is 4.90 Å². The Morgan fingerprint density at radius 3 is 2.50 bits per heavy atom. The van der Waals surface area contributed by atoms with Crippen molar-refractivity contribution in [3.05, 3.63) is 70.7 Å². The summed E-state index contributed by atoms with van der Waals surface area (Å²) in [5.41, 5.74) is 2.18. The molecule has 2 nitrogen and oxygen atoms in total. The van der Waals surface area contributed by atoms with Crippen molar-refractivity contribution < 1.29 is 5.11 Å². The Labute approximate surface area is 145 Å². The molecule has 0 spiro atoms. The van der Waals surface area contributed by atoms with Crippen LogP contribution in [-0.4, -0.2) is 20.6 Å². The molecule has 0 aromatic heterocycles. The summed E-state index contributed by atoms with van der Waals surface area (Å²) in [6, 6.07) is 17.9. The minimum Gasteiger partial charge on any atom is -0.374 e. The van der Waals surface area contributed by atoms with E-state index in [0.29, 0.717) is 22.3 Å². The van der Waals surface area contributed by atoms with E-state index in [9.17, 15) is 5.11 Å². The van der Waals surface area contributed by atoms with Crippen LogP contribution < -0.4 is 0 Å². The van der Waals surface area contributed by atoms with Crippen LogP contribution in [0.5, 0.6) is 0 Å². The van der Waals surface area contributed by atoms with Crippen molar-refractivity contribution in [1.29, 1.82) is 0 Å². The molecule has 0 radical (unpaired) electrons. The second-order valence-corrected chi connectivity index (χ2v) is 7.46. The van der Waals surface area contributed by atoms with Gasteiger partial charge in [-0.2, -0.15) is 0 Å². The summed E-state index contributed by atoms with van der Waals surface area (Å²) in [6.07, 6.45) is 0.0643. The van der Waals surface area contributed by atoms with Crippen LogP contribution in [0.15, 0.2) is 54.6 Å². The number of halogens is 1. The fraction of sp³-hybridized carbons (Fsp3) is 0.235. The summed E-state index contributed by atoms with van der Waals surface area (Å²) >= 11 is 13.3. The molecule has 1 saturated heterocycles. The molecule has 2 atom stereocenters. The molecule has 1 heterocycles. The first-order valence-electron chi connectivity index (χ1n) is 7.09. The van der Waals surface area contributed by atoms with Gasteiger partial charge in [0.05, 0.1) is 0 Å². The van der Waals surface area contributed by atoms with Gasteiger partial charge in [-0.15, -0.1) is 0 Å². The Balaban J connectivity index is 1.74. The fourth-order valence-electron chi connectivity index (χ4n) is 2.53. The summed E-state index contributed by atoms with van der Waals surface area (Å²) in [5.74, 6) is 0. The van der Waals surface area contributed by atoms with Gasteiger partial charge in [0.25, 0.3) is 0 Å². The highest BCUT2D eigenvalue weighted by molar-refractivity contribution is 8.23. The number of aliphatic hydroxyl groups excluding tert-OH is 1. The largest absolute Gasteiger partial charge is 0.374 e. The maximum Gasteiger partial charge on any atom is 0.139 e. The summed E-state index contributed by atoms with van der Waals surface area (Å²) < 4.78 is 0.715. The lowest BCUT2D eigenvalue weighted by atomic mass is 10.1. The van der Waals surface area contributed by atoms with Gasteiger partial charge in [0, 0.05) is 23.2 Å². The zero-order valence-corrected chi connectivity index (χ0v) is 14.2. The summed E-state index contributed by atoms with van der Waals surface area (Å²) in [4.78, 5) is 1.85. The van der Waals surface area contributed by atoms with E-state index in [0.717, 1.165) is 5.56 Å². The number of hydrogen-bond donors (Lipinski definition) is 1. The van der Waals surface area contributed by atoms with Gasteiger partial charge in [-0.1, -0.05) is 84.1 Å². The predicted molar refractivity (Wildman–Crippen MR) is 97.0 cm³/mol. The Morgan fingerprint density at radius 1 is 1.14 bits per heavy atom. The summed E-state index contributed by atoms with van der Waals surface area (Å²) in [7, 11) is 0. The van der Waals surface area contributed by atoms with Crippen LogP contribution in [0.1, 0.15) is 22.8 Å². The summed E-state index contributed by atoms with van der Waals surface area (Å²) in [6.45, 7) is 0.536. The first-order valence-corrected chi connectivity index (χ1v) is 8.75. The van der Waals surface area contributed by atoms with Crippen molar-refractivity contribution in [2.45, 2.75) is 24.4 Å². The number of aliphatic hydroxyl groups is 1. The summed E-state index contributed by atoms with van der Waals surface area (Å²) in [5, 5.41) is 11.4. The third kappa shape index (κ3) is 3.46. The van der Waals surface area contributed by atoms with Gasteiger partial charge < -0.3 is 10.0 Å². The zero-order valence-electron chi connectivity index (χ0n) is 11.9. The normalized spacial score (nSPS) is 21.9. The molecule has 2 aromatic carbocycles. The number of thiocarbonyl (C=S) groups is 1. The van der Waals surface area contributed by atoms with Crippen LogP contribution in [0.25, 0.3) is 0 Å². The van der Waals surface area contributed by atoms with Crippen LogP contribution in [0.4, 0.5) is 0 Å². The van der Waals surface area contributed by atoms with E-state index >= 15 is 0 Å². The molecule has 22 heavy (non-hydrogen) atoms. The lowest BCUT2D eigenvalue weighted by molar-refractivity contribution is 0.0418. The Kier molecular flexibility index (Phi) is 5.03. The molecule has 0 saturated carbocycles. The molecular weight excluding hydrogens is 334 g/mol. The molecule has 114 valence electrons. The first kappa shape index (κ1) is 15.8. The smallest absolute Gasteiger partial charge is 0.139 e. The van der Waals surface area contributed by atoms with Gasteiger partial charge in [-0.05, 0) is 17.2 Å². The average Bonchev–Trinajstić information content (AvgIpc) is 2.53. The van der Waals surface area contributed by atoms with Gasteiger partial charge in [0.1, 0.15) is 10.5 Å². The number of nitrogens with zero attached hydrogens (tertiary/aromatic N) is 1. The van der Waals surface area contributed by atoms with E-state index in [2.05, 4.69) is 12.1 Å².